The van der Waals surface area contributed by atoms with Crippen LogP contribution in [0.3, 0.4) is 0 Å². The van der Waals surface area contributed by atoms with E-state index in [0.29, 0.717) is 21.8 Å². The van der Waals surface area contributed by atoms with Crippen molar-refractivity contribution in [2.45, 2.75) is 11.8 Å². The number of aromatic nitrogens is 1. The molecule has 0 aliphatic rings. The van der Waals surface area contributed by atoms with Gasteiger partial charge < -0.3 is 5.32 Å². The van der Waals surface area contributed by atoms with Crippen LogP contribution in [0.2, 0.25) is 5.02 Å². The van der Waals surface area contributed by atoms with E-state index >= 15 is 0 Å². The molecule has 1 N–H and O–H groups in total. The van der Waals surface area contributed by atoms with Crippen molar-refractivity contribution in [1.29, 1.82) is 0 Å². The van der Waals surface area contributed by atoms with Crippen LogP contribution in [0.1, 0.15) is 17.3 Å². The molecule has 5 nitrogen and oxygen atoms in total. The number of halogens is 1. The zero-order chi connectivity index (χ0) is 17.3. The lowest BCUT2D eigenvalue weighted by molar-refractivity contribution is 0.102. The first-order chi connectivity index (χ1) is 11.4. The zero-order valence-electron chi connectivity index (χ0n) is 12.6. The Kier molecular flexibility index (Phi) is 4.58. The van der Waals surface area contributed by atoms with Crippen molar-refractivity contribution in [3.63, 3.8) is 0 Å². The van der Waals surface area contributed by atoms with Gasteiger partial charge in [0.1, 0.15) is 5.52 Å². The molecule has 0 unspecified atom stereocenters. The number of nitrogens with one attached hydrogen (secondary N) is 1. The minimum atomic E-state index is -3.28. The smallest absolute Gasteiger partial charge is 0.255 e. The molecule has 0 atom stereocenters. The predicted molar refractivity (Wildman–Crippen MR) is 96.8 cm³/mol. The molecule has 0 fully saturated rings. The van der Waals surface area contributed by atoms with Crippen molar-refractivity contribution in [2.24, 2.45) is 0 Å². The summed E-state index contributed by atoms with van der Waals surface area (Å²) < 4.78 is 24.4. The van der Waals surface area contributed by atoms with Crippen molar-refractivity contribution >= 4 is 54.6 Å². The third kappa shape index (κ3) is 3.15. The third-order valence-corrected chi connectivity index (χ3v) is 6.45. The molecule has 1 heterocycles. The van der Waals surface area contributed by atoms with E-state index in [1.165, 1.54) is 35.6 Å². The number of carbonyl (C=O) groups is 1. The molecular weight excluding hydrogens is 368 g/mol. The van der Waals surface area contributed by atoms with E-state index in [1.54, 1.807) is 24.6 Å². The van der Waals surface area contributed by atoms with Gasteiger partial charge in [0.2, 0.25) is 0 Å². The number of hydrogen-bond donors (Lipinski definition) is 1. The van der Waals surface area contributed by atoms with Gasteiger partial charge in [-0.3, -0.25) is 4.79 Å². The number of carbonyl (C=O) groups excluding carboxylic acids is 1. The molecule has 3 aromatic rings. The second-order valence-corrected chi connectivity index (χ2v) is 8.55. The summed E-state index contributed by atoms with van der Waals surface area (Å²) in [5, 5.41) is 3.34. The highest BCUT2D eigenvalue weighted by atomic mass is 35.5. The molecule has 124 valence electrons. The highest BCUT2D eigenvalue weighted by Gasteiger charge is 2.14. The number of anilines is 1. The Hall–Kier alpha value is -1.96. The number of thiazole rings is 1. The van der Waals surface area contributed by atoms with Crippen molar-refractivity contribution in [2.75, 3.05) is 11.1 Å². The van der Waals surface area contributed by atoms with E-state index in [4.69, 9.17) is 11.6 Å². The summed E-state index contributed by atoms with van der Waals surface area (Å²) >= 11 is 7.46. The summed E-state index contributed by atoms with van der Waals surface area (Å²) in [5.41, 5.74) is 3.30. The van der Waals surface area contributed by atoms with E-state index in [0.717, 1.165) is 4.70 Å². The van der Waals surface area contributed by atoms with E-state index in [9.17, 15) is 13.2 Å². The lowest BCUT2D eigenvalue weighted by Gasteiger charge is -2.08. The van der Waals surface area contributed by atoms with Crippen LogP contribution in [0.4, 0.5) is 5.69 Å². The van der Waals surface area contributed by atoms with Crippen LogP contribution in [0.5, 0.6) is 0 Å². The Balaban J connectivity index is 1.87. The molecule has 0 saturated heterocycles. The van der Waals surface area contributed by atoms with Crippen molar-refractivity contribution < 1.29 is 13.2 Å². The maximum atomic E-state index is 12.4. The minimum Gasteiger partial charge on any atom is -0.321 e. The standard InChI is InChI=1S/C16H13ClN2O3S2/c1-2-24(21,22)11-5-3-10(4-6-11)16(20)19-13-8-7-12(17)14-15(13)23-9-18-14/h3-9H,2H2,1H3,(H,19,20). The average Bonchev–Trinajstić information content (AvgIpc) is 3.08. The number of amides is 1. The van der Waals surface area contributed by atoms with Crippen molar-refractivity contribution in [3.05, 3.63) is 52.5 Å². The Bertz CT molecular complexity index is 1010. The second-order valence-electron chi connectivity index (χ2n) is 5.01. The monoisotopic (exact) mass is 380 g/mol. The van der Waals surface area contributed by atoms with Gasteiger partial charge in [0, 0.05) is 5.56 Å². The van der Waals surface area contributed by atoms with Crippen molar-refractivity contribution in [1.82, 2.24) is 4.98 Å². The maximum Gasteiger partial charge on any atom is 0.255 e. The van der Waals surface area contributed by atoms with Crippen LogP contribution in [0.25, 0.3) is 10.2 Å². The highest BCUT2D eigenvalue weighted by molar-refractivity contribution is 7.91. The summed E-state index contributed by atoms with van der Waals surface area (Å²) in [4.78, 5) is 16.8. The Morgan fingerprint density at radius 2 is 1.92 bits per heavy atom. The molecule has 0 aliphatic carbocycles. The van der Waals surface area contributed by atoms with Gasteiger partial charge in [-0.25, -0.2) is 13.4 Å². The Labute approximate surface area is 148 Å². The van der Waals surface area contributed by atoms with E-state index in [1.807, 2.05) is 0 Å². The first-order valence-electron chi connectivity index (χ1n) is 7.08. The van der Waals surface area contributed by atoms with E-state index < -0.39 is 9.84 Å². The Morgan fingerprint density at radius 1 is 1.21 bits per heavy atom. The molecule has 8 heteroatoms. The van der Waals surface area contributed by atoms with Gasteiger partial charge in [0.05, 0.1) is 31.6 Å². The molecule has 2 aromatic carbocycles. The van der Waals surface area contributed by atoms with E-state index in [2.05, 4.69) is 10.3 Å². The van der Waals surface area contributed by atoms with Gasteiger partial charge in [0.15, 0.2) is 9.84 Å². The normalized spacial score (nSPS) is 11.6. The topological polar surface area (TPSA) is 76.1 Å². The summed E-state index contributed by atoms with van der Waals surface area (Å²) in [6, 6.07) is 9.28. The van der Waals surface area contributed by atoms with Gasteiger partial charge in [-0.1, -0.05) is 18.5 Å². The summed E-state index contributed by atoms with van der Waals surface area (Å²) in [7, 11) is -3.28. The molecule has 1 amide bonds. The quantitative estimate of drug-likeness (QED) is 0.742. The summed E-state index contributed by atoms with van der Waals surface area (Å²) in [5.74, 6) is -0.306. The van der Waals surface area contributed by atoms with Gasteiger partial charge >= 0.3 is 0 Å². The van der Waals surface area contributed by atoms with Gasteiger partial charge in [0.25, 0.3) is 5.91 Å². The molecule has 0 bridgehead atoms. The lowest BCUT2D eigenvalue weighted by atomic mass is 10.2. The molecule has 3 rings (SSSR count). The SMILES string of the molecule is CCS(=O)(=O)c1ccc(C(=O)Nc2ccc(Cl)c3ncsc23)cc1. The molecule has 0 radical (unpaired) electrons. The summed E-state index contributed by atoms with van der Waals surface area (Å²) in [6.07, 6.45) is 0. The lowest BCUT2D eigenvalue weighted by Crippen LogP contribution is -2.12. The van der Waals surface area contributed by atoms with Crippen LogP contribution >= 0.6 is 22.9 Å². The number of sulfone groups is 1. The largest absolute Gasteiger partial charge is 0.321 e. The van der Waals surface area contributed by atoms with Crippen molar-refractivity contribution in [3.8, 4) is 0 Å². The molecule has 0 aliphatic heterocycles. The predicted octanol–water partition coefficient (Wildman–Crippen LogP) is 4.00. The van der Waals surface area contributed by atoms with Crippen LogP contribution < -0.4 is 5.32 Å². The van der Waals surface area contributed by atoms with Crippen LogP contribution in [0.15, 0.2) is 46.8 Å². The highest BCUT2D eigenvalue weighted by Crippen LogP contribution is 2.32. The summed E-state index contributed by atoms with van der Waals surface area (Å²) in [6.45, 7) is 1.58. The second kappa shape index (κ2) is 6.51. The molecule has 0 saturated carbocycles. The molecule has 0 spiro atoms. The maximum absolute atomic E-state index is 12.4. The van der Waals surface area contributed by atoms with Crippen LogP contribution in [0, 0.1) is 0 Å². The van der Waals surface area contributed by atoms with Crippen LogP contribution in [-0.2, 0) is 9.84 Å². The van der Waals surface area contributed by atoms with E-state index in [-0.39, 0.29) is 16.6 Å². The number of hydrogen-bond acceptors (Lipinski definition) is 5. The number of rotatable bonds is 4. The zero-order valence-corrected chi connectivity index (χ0v) is 15.0. The molecule has 24 heavy (non-hydrogen) atoms. The first kappa shape index (κ1) is 16.9. The fraction of sp³-hybridized carbons (Fsp3) is 0.125. The number of benzene rings is 2. The Morgan fingerprint density at radius 3 is 2.58 bits per heavy atom. The third-order valence-electron chi connectivity index (χ3n) is 3.54. The van der Waals surface area contributed by atoms with Gasteiger partial charge in [-0.2, -0.15) is 0 Å². The van der Waals surface area contributed by atoms with Crippen LogP contribution in [-0.4, -0.2) is 25.1 Å². The fourth-order valence-corrected chi connectivity index (χ4v) is 4.12. The first-order valence-corrected chi connectivity index (χ1v) is 9.99. The fourth-order valence-electron chi connectivity index (χ4n) is 2.19. The van der Waals surface area contributed by atoms with Gasteiger partial charge in [-0.05, 0) is 36.4 Å². The number of nitrogens with zero attached hydrogens (tertiary/aromatic N) is 1. The average molecular weight is 381 g/mol. The molecular formula is C16H13ClN2O3S2. The minimum absolute atomic E-state index is 0.0205. The van der Waals surface area contributed by atoms with Gasteiger partial charge in [-0.15, -0.1) is 11.3 Å². The number of fused-ring (bicyclic) bond motifs is 1. The molecule has 1 aromatic heterocycles.